The standard InChI is InChI=1S/C22H23N5O4/c23-17(28)12-27-16-9-5-4-8-14(16)25-19(13-6-2-1-3-7-13)20(22(27)31)26-21(30)15-10-11-18(29)24-15/h1-9,15,19-20,25H,10-12H2,(H2,23,28)(H,24,29)(H,26,30)/t15-,19-,20-/m0/s1. The van der Waals surface area contributed by atoms with Gasteiger partial charge in [0.1, 0.15) is 18.6 Å². The lowest BCUT2D eigenvalue weighted by atomic mass is 9.97. The first-order valence-corrected chi connectivity index (χ1v) is 10.0. The number of hydrogen-bond donors (Lipinski definition) is 4. The number of amides is 4. The Morgan fingerprint density at radius 2 is 1.74 bits per heavy atom. The fourth-order valence-electron chi connectivity index (χ4n) is 3.98. The zero-order valence-electron chi connectivity index (χ0n) is 16.7. The van der Waals surface area contributed by atoms with E-state index in [1.54, 1.807) is 18.2 Å². The van der Waals surface area contributed by atoms with Crippen LogP contribution in [0.4, 0.5) is 11.4 Å². The van der Waals surface area contributed by atoms with Gasteiger partial charge in [-0.15, -0.1) is 0 Å². The molecule has 0 radical (unpaired) electrons. The van der Waals surface area contributed by atoms with E-state index in [1.807, 2.05) is 36.4 Å². The number of nitrogens with one attached hydrogen (secondary N) is 3. The van der Waals surface area contributed by atoms with Gasteiger partial charge in [-0.05, 0) is 24.1 Å². The molecule has 2 aromatic carbocycles. The van der Waals surface area contributed by atoms with Gasteiger partial charge < -0.3 is 21.7 Å². The third kappa shape index (κ3) is 4.20. The third-order valence-corrected chi connectivity index (χ3v) is 5.45. The number of hydrogen-bond acceptors (Lipinski definition) is 5. The maximum absolute atomic E-state index is 13.6. The number of anilines is 2. The summed E-state index contributed by atoms with van der Waals surface area (Å²) in [5, 5.41) is 8.76. The molecule has 9 nitrogen and oxygen atoms in total. The van der Waals surface area contributed by atoms with E-state index in [0.29, 0.717) is 17.8 Å². The number of carbonyl (C=O) groups excluding carboxylic acids is 4. The van der Waals surface area contributed by atoms with Crippen molar-refractivity contribution in [3.63, 3.8) is 0 Å². The molecule has 0 unspecified atom stereocenters. The lowest BCUT2D eigenvalue weighted by molar-refractivity contribution is -0.130. The molecule has 2 aliphatic heterocycles. The van der Waals surface area contributed by atoms with Crippen LogP contribution < -0.4 is 26.6 Å². The van der Waals surface area contributed by atoms with Gasteiger partial charge in [0.05, 0.1) is 17.4 Å². The van der Waals surface area contributed by atoms with Gasteiger partial charge in [0.25, 0.3) is 5.91 Å². The van der Waals surface area contributed by atoms with Gasteiger partial charge in [0.15, 0.2) is 0 Å². The molecule has 0 aromatic heterocycles. The summed E-state index contributed by atoms with van der Waals surface area (Å²) in [6, 6.07) is 14.0. The number of nitrogens with two attached hydrogens (primary N) is 1. The summed E-state index contributed by atoms with van der Waals surface area (Å²) in [6.45, 7) is -0.328. The fourth-order valence-corrected chi connectivity index (χ4v) is 3.98. The molecule has 5 N–H and O–H groups in total. The van der Waals surface area contributed by atoms with Crippen LogP contribution >= 0.6 is 0 Å². The first kappa shape index (κ1) is 20.4. The molecular weight excluding hydrogens is 398 g/mol. The fraction of sp³-hybridized carbons (Fsp3) is 0.273. The predicted molar refractivity (Wildman–Crippen MR) is 114 cm³/mol. The van der Waals surface area contributed by atoms with E-state index in [9.17, 15) is 19.2 Å². The Morgan fingerprint density at radius 1 is 1.03 bits per heavy atom. The second-order valence-electron chi connectivity index (χ2n) is 7.59. The van der Waals surface area contributed by atoms with Crippen LogP contribution in [0, 0.1) is 0 Å². The number of nitrogens with zero attached hydrogens (tertiary/aromatic N) is 1. The van der Waals surface area contributed by atoms with Gasteiger partial charge in [-0.2, -0.15) is 0 Å². The molecule has 3 atom stereocenters. The van der Waals surface area contributed by atoms with Gasteiger partial charge in [-0.3, -0.25) is 24.1 Å². The highest BCUT2D eigenvalue weighted by Gasteiger charge is 2.40. The van der Waals surface area contributed by atoms with Crippen molar-refractivity contribution >= 4 is 35.0 Å². The molecule has 1 fully saturated rings. The molecule has 4 amide bonds. The average molecular weight is 421 g/mol. The second-order valence-corrected chi connectivity index (χ2v) is 7.59. The summed E-state index contributed by atoms with van der Waals surface area (Å²) >= 11 is 0. The summed E-state index contributed by atoms with van der Waals surface area (Å²) in [6.07, 6.45) is 0.622. The first-order chi connectivity index (χ1) is 14.9. The highest BCUT2D eigenvalue weighted by Crippen LogP contribution is 2.35. The Hall–Kier alpha value is -3.88. The number of rotatable bonds is 5. The summed E-state index contributed by atoms with van der Waals surface area (Å²) < 4.78 is 0. The molecule has 2 heterocycles. The minimum Gasteiger partial charge on any atom is -0.374 e. The van der Waals surface area contributed by atoms with Crippen molar-refractivity contribution < 1.29 is 19.2 Å². The van der Waals surface area contributed by atoms with Crippen LogP contribution in [0.15, 0.2) is 54.6 Å². The van der Waals surface area contributed by atoms with Crippen molar-refractivity contribution in [2.45, 2.75) is 31.0 Å². The van der Waals surface area contributed by atoms with Gasteiger partial charge in [0.2, 0.25) is 17.7 Å². The van der Waals surface area contributed by atoms with Crippen molar-refractivity contribution in [3.05, 3.63) is 60.2 Å². The number of para-hydroxylation sites is 2. The summed E-state index contributed by atoms with van der Waals surface area (Å²) in [5.74, 6) is -1.79. The quantitative estimate of drug-likeness (QED) is 0.556. The SMILES string of the molecule is NC(=O)CN1C(=O)[C@@H](NC(=O)[C@@H]2CCC(=O)N2)[C@H](c2ccccc2)Nc2ccccc21. The Balaban J connectivity index is 1.74. The molecule has 0 bridgehead atoms. The number of benzene rings is 2. The highest BCUT2D eigenvalue weighted by atomic mass is 16.2. The lowest BCUT2D eigenvalue weighted by Crippen LogP contribution is -2.56. The van der Waals surface area contributed by atoms with Gasteiger partial charge in [-0.25, -0.2) is 0 Å². The minimum absolute atomic E-state index is 0.201. The smallest absolute Gasteiger partial charge is 0.252 e. The zero-order chi connectivity index (χ0) is 22.0. The number of carbonyl (C=O) groups is 4. The zero-order valence-corrected chi connectivity index (χ0v) is 16.7. The van der Waals surface area contributed by atoms with Crippen molar-refractivity contribution in [1.29, 1.82) is 0 Å². The normalized spacial score (nSPS) is 22.7. The van der Waals surface area contributed by atoms with Crippen molar-refractivity contribution in [1.82, 2.24) is 10.6 Å². The van der Waals surface area contributed by atoms with Crippen LogP contribution in [0.3, 0.4) is 0 Å². The molecular formula is C22H23N5O4. The first-order valence-electron chi connectivity index (χ1n) is 10.0. The van der Waals surface area contributed by atoms with E-state index < -0.39 is 35.8 Å². The Kier molecular flexibility index (Phi) is 5.57. The Labute approximate surface area is 179 Å². The monoisotopic (exact) mass is 421 g/mol. The van der Waals surface area contributed by atoms with Crippen molar-refractivity contribution in [2.75, 3.05) is 16.8 Å². The van der Waals surface area contributed by atoms with E-state index in [2.05, 4.69) is 16.0 Å². The van der Waals surface area contributed by atoms with Gasteiger partial charge >= 0.3 is 0 Å². The number of fused-ring (bicyclic) bond motifs is 1. The molecule has 9 heteroatoms. The molecule has 31 heavy (non-hydrogen) atoms. The summed E-state index contributed by atoms with van der Waals surface area (Å²) in [4.78, 5) is 51.1. The minimum atomic E-state index is -1.03. The molecule has 0 aliphatic carbocycles. The van der Waals surface area contributed by atoms with Crippen molar-refractivity contribution in [3.8, 4) is 0 Å². The molecule has 2 aromatic rings. The van der Waals surface area contributed by atoms with Crippen LogP contribution in [-0.4, -0.2) is 42.3 Å². The van der Waals surface area contributed by atoms with E-state index >= 15 is 0 Å². The van der Waals surface area contributed by atoms with Crippen LogP contribution in [0.1, 0.15) is 24.4 Å². The lowest BCUT2D eigenvalue weighted by Gasteiger charge is -2.29. The summed E-state index contributed by atoms with van der Waals surface area (Å²) in [7, 11) is 0. The Morgan fingerprint density at radius 3 is 2.42 bits per heavy atom. The largest absolute Gasteiger partial charge is 0.374 e. The molecule has 4 rings (SSSR count). The van der Waals surface area contributed by atoms with E-state index in [-0.39, 0.29) is 18.9 Å². The van der Waals surface area contributed by atoms with Crippen molar-refractivity contribution in [2.24, 2.45) is 5.73 Å². The average Bonchev–Trinajstić information content (AvgIpc) is 3.17. The maximum atomic E-state index is 13.6. The van der Waals surface area contributed by atoms with E-state index in [4.69, 9.17) is 5.73 Å². The Bertz CT molecular complexity index is 1030. The summed E-state index contributed by atoms with van der Waals surface area (Å²) in [5.41, 5.74) is 7.33. The van der Waals surface area contributed by atoms with Crippen LogP contribution in [0.5, 0.6) is 0 Å². The predicted octanol–water partition coefficient (Wildman–Crippen LogP) is 0.435. The third-order valence-electron chi connectivity index (χ3n) is 5.45. The van der Waals surface area contributed by atoms with Crippen LogP contribution in [-0.2, 0) is 19.2 Å². The molecule has 160 valence electrons. The molecule has 0 spiro atoms. The topological polar surface area (TPSA) is 134 Å². The molecule has 0 saturated carbocycles. The highest BCUT2D eigenvalue weighted by molar-refractivity contribution is 6.07. The van der Waals surface area contributed by atoms with E-state index in [1.165, 1.54) is 4.90 Å². The number of primary amides is 1. The molecule has 1 saturated heterocycles. The molecule has 2 aliphatic rings. The van der Waals surface area contributed by atoms with Gasteiger partial charge in [0, 0.05) is 6.42 Å². The van der Waals surface area contributed by atoms with Crippen LogP contribution in [0.25, 0.3) is 0 Å². The van der Waals surface area contributed by atoms with Crippen LogP contribution in [0.2, 0.25) is 0 Å². The second kappa shape index (κ2) is 8.47. The maximum Gasteiger partial charge on any atom is 0.252 e. The van der Waals surface area contributed by atoms with E-state index in [0.717, 1.165) is 5.56 Å². The van der Waals surface area contributed by atoms with Gasteiger partial charge in [-0.1, -0.05) is 42.5 Å².